The number of hydrogen-bond donors (Lipinski definition) is 0. The summed E-state index contributed by atoms with van der Waals surface area (Å²) in [7, 11) is 0. The summed E-state index contributed by atoms with van der Waals surface area (Å²) in [6.45, 7) is 5.37. The number of carbonyl (C=O) groups excluding carboxylic acids is 1. The predicted molar refractivity (Wildman–Crippen MR) is 130 cm³/mol. The number of nitrogens with zero attached hydrogens (tertiary/aromatic N) is 2. The summed E-state index contributed by atoms with van der Waals surface area (Å²) >= 11 is 6.29. The Morgan fingerprint density at radius 3 is 2.50 bits per heavy atom. The smallest absolute Gasteiger partial charge is 0.356 e. The van der Waals surface area contributed by atoms with E-state index in [-0.39, 0.29) is 23.5 Å². The van der Waals surface area contributed by atoms with Crippen LogP contribution in [-0.2, 0) is 11.3 Å². The van der Waals surface area contributed by atoms with E-state index in [4.69, 9.17) is 16.3 Å². The fraction of sp³-hybridized carbons (Fsp3) is 0.192. The first-order chi connectivity index (χ1) is 16.0. The number of nitro groups is 1. The molecule has 0 fully saturated rings. The van der Waals surface area contributed by atoms with Crippen LogP contribution in [0.15, 0.2) is 66.7 Å². The molecule has 0 aliphatic rings. The Hall–Kier alpha value is -3.71. The quantitative estimate of drug-likeness (QED) is 0.175. The standard InChI is InChI=1S/C26H22ClFN2O4/c1-26(2,3)34-25(31)24-23(19-9-4-5-10-21(19)28)20-14-17(27)11-12-22(20)29(24)15-16-7-6-8-18(13-16)30(32)33/h4-14H,15H2,1-3H3. The van der Waals surface area contributed by atoms with Gasteiger partial charge in [0.15, 0.2) is 0 Å². The Bertz CT molecular complexity index is 1420. The molecule has 0 N–H and O–H groups in total. The Morgan fingerprint density at radius 2 is 1.82 bits per heavy atom. The zero-order valence-corrected chi connectivity index (χ0v) is 19.6. The van der Waals surface area contributed by atoms with Crippen molar-refractivity contribution >= 4 is 34.2 Å². The van der Waals surface area contributed by atoms with Crippen LogP contribution < -0.4 is 0 Å². The first-order valence-electron chi connectivity index (χ1n) is 10.6. The number of carbonyl (C=O) groups is 1. The monoisotopic (exact) mass is 480 g/mol. The molecule has 0 bridgehead atoms. The highest BCUT2D eigenvalue weighted by Crippen LogP contribution is 2.39. The number of aromatic nitrogens is 1. The number of nitro benzene ring substituents is 1. The Kier molecular flexibility index (Phi) is 6.15. The molecule has 0 saturated heterocycles. The van der Waals surface area contributed by atoms with E-state index in [0.29, 0.717) is 27.1 Å². The van der Waals surface area contributed by atoms with Gasteiger partial charge in [-0.05, 0) is 50.6 Å². The third-order valence-corrected chi connectivity index (χ3v) is 5.46. The average Bonchev–Trinajstić information content (AvgIpc) is 3.06. The summed E-state index contributed by atoms with van der Waals surface area (Å²) in [4.78, 5) is 24.3. The van der Waals surface area contributed by atoms with Gasteiger partial charge in [-0.1, -0.05) is 41.9 Å². The van der Waals surface area contributed by atoms with Crippen LogP contribution in [0, 0.1) is 15.9 Å². The summed E-state index contributed by atoms with van der Waals surface area (Å²) in [6, 6.07) is 17.4. The molecule has 0 aliphatic heterocycles. The normalized spacial score (nSPS) is 11.6. The van der Waals surface area contributed by atoms with Crippen LogP contribution in [0.1, 0.15) is 36.8 Å². The van der Waals surface area contributed by atoms with Gasteiger partial charge in [-0.25, -0.2) is 9.18 Å². The van der Waals surface area contributed by atoms with Gasteiger partial charge in [-0.15, -0.1) is 0 Å². The molecular formula is C26H22ClFN2O4. The lowest BCUT2D eigenvalue weighted by Crippen LogP contribution is -2.26. The topological polar surface area (TPSA) is 74.4 Å². The number of halogens is 2. The molecule has 0 radical (unpaired) electrons. The van der Waals surface area contributed by atoms with Crippen LogP contribution in [0.4, 0.5) is 10.1 Å². The van der Waals surface area contributed by atoms with Gasteiger partial charge in [0.05, 0.1) is 4.92 Å². The van der Waals surface area contributed by atoms with Crippen LogP contribution >= 0.6 is 11.6 Å². The SMILES string of the molecule is CC(C)(C)OC(=O)c1c(-c2ccccc2F)c2cc(Cl)ccc2n1Cc1cccc([N+](=O)[O-])c1. The van der Waals surface area contributed by atoms with Gasteiger partial charge < -0.3 is 9.30 Å². The largest absolute Gasteiger partial charge is 0.455 e. The number of hydrogen-bond acceptors (Lipinski definition) is 4. The Labute approximate surface area is 200 Å². The first kappa shape index (κ1) is 23.4. The van der Waals surface area contributed by atoms with Crippen molar-refractivity contribution in [1.82, 2.24) is 4.57 Å². The minimum Gasteiger partial charge on any atom is -0.455 e. The summed E-state index contributed by atoms with van der Waals surface area (Å²) < 4.78 is 22.4. The molecule has 4 rings (SSSR count). The van der Waals surface area contributed by atoms with Gasteiger partial charge in [0.1, 0.15) is 17.1 Å². The molecule has 0 amide bonds. The number of rotatable bonds is 5. The van der Waals surface area contributed by atoms with Gasteiger partial charge in [0, 0.05) is 45.7 Å². The van der Waals surface area contributed by atoms with Gasteiger partial charge in [-0.3, -0.25) is 10.1 Å². The zero-order chi connectivity index (χ0) is 24.6. The number of fused-ring (bicyclic) bond motifs is 1. The van der Waals surface area contributed by atoms with Crippen molar-refractivity contribution in [2.75, 3.05) is 0 Å². The van der Waals surface area contributed by atoms with Gasteiger partial charge in [-0.2, -0.15) is 0 Å². The Balaban J connectivity index is 2.03. The minimum absolute atomic E-state index is 0.0647. The molecular weight excluding hydrogens is 459 g/mol. The molecule has 8 heteroatoms. The lowest BCUT2D eigenvalue weighted by Gasteiger charge is -2.21. The summed E-state index contributed by atoms with van der Waals surface area (Å²) in [5.74, 6) is -1.13. The second-order valence-corrected chi connectivity index (χ2v) is 9.32. The molecule has 1 heterocycles. The van der Waals surface area contributed by atoms with Crippen LogP contribution in [0.2, 0.25) is 5.02 Å². The highest BCUT2D eigenvalue weighted by molar-refractivity contribution is 6.31. The van der Waals surface area contributed by atoms with Crippen LogP contribution in [0.3, 0.4) is 0 Å². The zero-order valence-electron chi connectivity index (χ0n) is 18.8. The number of ether oxygens (including phenoxy) is 1. The minimum atomic E-state index is -0.798. The van der Waals surface area contributed by atoms with Crippen molar-refractivity contribution in [3.8, 4) is 11.1 Å². The number of benzene rings is 3. The van der Waals surface area contributed by atoms with E-state index in [1.165, 1.54) is 18.2 Å². The highest BCUT2D eigenvalue weighted by atomic mass is 35.5. The van der Waals surface area contributed by atoms with Crippen molar-refractivity contribution in [2.45, 2.75) is 32.9 Å². The number of esters is 1. The summed E-state index contributed by atoms with van der Waals surface area (Å²) in [5, 5.41) is 12.3. The molecule has 1 aromatic heterocycles. The molecule has 4 aromatic rings. The van der Waals surface area contributed by atoms with Crippen molar-refractivity contribution in [1.29, 1.82) is 0 Å². The maximum absolute atomic E-state index is 15.0. The van der Waals surface area contributed by atoms with Crippen molar-refractivity contribution in [3.63, 3.8) is 0 Å². The van der Waals surface area contributed by atoms with E-state index in [0.717, 1.165) is 0 Å². The fourth-order valence-corrected chi connectivity index (χ4v) is 4.09. The van der Waals surface area contributed by atoms with Crippen molar-refractivity contribution in [2.24, 2.45) is 0 Å². The summed E-state index contributed by atoms with van der Waals surface area (Å²) in [6.07, 6.45) is 0. The van der Waals surface area contributed by atoms with Gasteiger partial charge in [0.2, 0.25) is 0 Å². The van der Waals surface area contributed by atoms with Crippen molar-refractivity contribution in [3.05, 3.63) is 98.9 Å². The van der Waals surface area contributed by atoms with Gasteiger partial charge in [0.25, 0.3) is 5.69 Å². The lowest BCUT2D eigenvalue weighted by molar-refractivity contribution is -0.384. The molecule has 34 heavy (non-hydrogen) atoms. The molecule has 0 unspecified atom stereocenters. The maximum Gasteiger partial charge on any atom is 0.356 e. The fourth-order valence-electron chi connectivity index (χ4n) is 3.92. The first-order valence-corrected chi connectivity index (χ1v) is 11.0. The van der Waals surface area contributed by atoms with Crippen LogP contribution in [0.5, 0.6) is 0 Å². The van der Waals surface area contributed by atoms with E-state index >= 15 is 0 Å². The maximum atomic E-state index is 15.0. The second-order valence-electron chi connectivity index (χ2n) is 8.88. The molecule has 174 valence electrons. The van der Waals surface area contributed by atoms with E-state index in [2.05, 4.69) is 0 Å². The van der Waals surface area contributed by atoms with Crippen LogP contribution in [0.25, 0.3) is 22.0 Å². The third-order valence-electron chi connectivity index (χ3n) is 5.22. The molecule has 6 nitrogen and oxygen atoms in total. The summed E-state index contributed by atoms with van der Waals surface area (Å²) in [5.41, 5.74) is 1.09. The predicted octanol–water partition coefficient (Wildman–Crippen LogP) is 7.01. The van der Waals surface area contributed by atoms with E-state index in [9.17, 15) is 19.3 Å². The lowest BCUT2D eigenvalue weighted by atomic mass is 10.0. The molecule has 0 atom stereocenters. The van der Waals surface area contributed by atoms with E-state index < -0.39 is 22.3 Å². The molecule has 0 saturated carbocycles. The van der Waals surface area contributed by atoms with Crippen molar-refractivity contribution < 1.29 is 18.8 Å². The van der Waals surface area contributed by atoms with Crippen LogP contribution in [-0.4, -0.2) is 21.1 Å². The molecule has 0 spiro atoms. The molecule has 0 aliphatic carbocycles. The molecule has 3 aromatic carbocycles. The highest BCUT2D eigenvalue weighted by Gasteiger charge is 2.29. The second kappa shape index (κ2) is 8.91. The third kappa shape index (κ3) is 4.65. The van der Waals surface area contributed by atoms with Gasteiger partial charge >= 0.3 is 5.97 Å². The Morgan fingerprint density at radius 1 is 1.09 bits per heavy atom. The average molecular weight is 481 g/mol. The number of non-ortho nitro benzene ring substituents is 1. The van der Waals surface area contributed by atoms with E-state index in [1.807, 2.05) is 0 Å². The van der Waals surface area contributed by atoms with E-state index in [1.54, 1.807) is 73.9 Å².